The third-order valence-corrected chi connectivity index (χ3v) is 10.5. The highest BCUT2D eigenvalue weighted by molar-refractivity contribution is 9.09. The molecular formula is C46H62Br2O24. The van der Waals surface area contributed by atoms with Gasteiger partial charge in [0, 0.05) is 24.5 Å². The Kier molecular flexibility index (Phi) is 28.5. The van der Waals surface area contributed by atoms with E-state index in [1.54, 1.807) is 30.3 Å². The number of halogens is 2. The van der Waals surface area contributed by atoms with Gasteiger partial charge in [0.05, 0.1) is 13.2 Å². The van der Waals surface area contributed by atoms with E-state index in [-0.39, 0.29) is 19.8 Å². The highest BCUT2D eigenvalue weighted by atomic mass is 79.9. The van der Waals surface area contributed by atoms with Crippen LogP contribution in [0.2, 0.25) is 0 Å². The van der Waals surface area contributed by atoms with Gasteiger partial charge < -0.3 is 61.6 Å². The van der Waals surface area contributed by atoms with Gasteiger partial charge in [0.25, 0.3) is 0 Å². The van der Waals surface area contributed by atoms with Gasteiger partial charge in [0.1, 0.15) is 62.5 Å². The molecule has 0 heterocycles. The zero-order valence-corrected chi connectivity index (χ0v) is 44.6. The van der Waals surface area contributed by atoms with Crippen molar-refractivity contribution in [3.8, 4) is 0 Å². The monoisotopic (exact) mass is 1160 g/mol. The van der Waals surface area contributed by atoms with Crippen molar-refractivity contribution >= 4 is 97.9 Å². The lowest BCUT2D eigenvalue weighted by atomic mass is 9.93. The summed E-state index contributed by atoms with van der Waals surface area (Å²) < 4.78 is 66.8. The van der Waals surface area contributed by atoms with Crippen molar-refractivity contribution in [1.82, 2.24) is 0 Å². The van der Waals surface area contributed by atoms with Crippen molar-refractivity contribution in [3.05, 3.63) is 35.9 Å². The van der Waals surface area contributed by atoms with Crippen molar-refractivity contribution in [1.29, 1.82) is 0 Å². The Morgan fingerprint density at radius 2 is 0.736 bits per heavy atom. The lowest BCUT2D eigenvalue weighted by Crippen LogP contribution is -2.43. The third-order valence-electron chi connectivity index (χ3n) is 9.41. The van der Waals surface area contributed by atoms with Crippen LogP contribution in [0.25, 0.3) is 0 Å². The fraction of sp³-hybridized carbons (Fsp3) is 0.630. The summed E-state index contributed by atoms with van der Waals surface area (Å²) in [4.78, 5) is 139. The molecule has 0 spiro atoms. The molecule has 0 bridgehead atoms. The first kappa shape index (κ1) is 64.0. The van der Waals surface area contributed by atoms with Gasteiger partial charge in [-0.1, -0.05) is 62.2 Å². The molecule has 0 saturated carbocycles. The molecule has 0 aliphatic rings. The maximum Gasteiger partial charge on any atom is 0.508 e. The Labute approximate surface area is 432 Å². The summed E-state index contributed by atoms with van der Waals surface area (Å²) in [5, 5.41) is 0.923. The molecule has 1 aromatic carbocycles. The molecule has 0 saturated heterocycles. The molecule has 404 valence electrons. The van der Waals surface area contributed by atoms with Crippen LogP contribution in [0, 0.1) is 16.2 Å². The highest BCUT2D eigenvalue weighted by Gasteiger charge is 2.43. The number of alkyl halides is 2. The maximum atomic E-state index is 13.6. The van der Waals surface area contributed by atoms with Crippen LogP contribution in [0.15, 0.2) is 30.3 Å². The number of carbonyl (C=O) groups is 11. The fourth-order valence-electron chi connectivity index (χ4n) is 5.05. The van der Waals surface area contributed by atoms with Gasteiger partial charge in [-0.05, 0) is 66.9 Å². The van der Waals surface area contributed by atoms with Crippen LogP contribution in [0.3, 0.4) is 0 Å². The van der Waals surface area contributed by atoms with Gasteiger partial charge >= 0.3 is 66.0 Å². The summed E-state index contributed by atoms with van der Waals surface area (Å²) in [6.45, 7) is 5.21. The first-order valence-electron chi connectivity index (χ1n) is 22.1. The van der Waals surface area contributed by atoms with Gasteiger partial charge in [-0.15, -0.1) is 0 Å². The molecule has 0 N–H and O–H groups in total. The van der Waals surface area contributed by atoms with E-state index in [0.29, 0.717) is 29.1 Å². The average Bonchev–Trinajstić information content (AvgIpc) is 3.33. The van der Waals surface area contributed by atoms with Crippen LogP contribution in [-0.4, -0.2) is 154 Å². The number of hydrogen-bond acceptors (Lipinski definition) is 24. The number of carbonyl (C=O) groups excluding carboxylic acids is 11. The molecule has 0 amide bonds. The Morgan fingerprint density at radius 3 is 1.06 bits per heavy atom. The van der Waals surface area contributed by atoms with E-state index in [2.05, 4.69) is 31.9 Å². The van der Waals surface area contributed by atoms with E-state index < -0.39 is 146 Å². The summed E-state index contributed by atoms with van der Waals surface area (Å²) in [7, 11) is 0. The number of rotatable bonds is 31. The van der Waals surface area contributed by atoms with Gasteiger partial charge in [-0.3, -0.25) is 24.0 Å². The van der Waals surface area contributed by atoms with Crippen LogP contribution in [0.1, 0.15) is 80.7 Å². The van der Waals surface area contributed by atoms with E-state index in [1.807, 2.05) is 0 Å². The minimum Gasteiger partial charge on any atom is -0.465 e. The van der Waals surface area contributed by atoms with Gasteiger partial charge in [-0.25, -0.2) is 28.8 Å². The molecule has 6 atom stereocenters. The third kappa shape index (κ3) is 23.9. The van der Waals surface area contributed by atoms with Crippen molar-refractivity contribution in [2.45, 2.75) is 106 Å². The van der Waals surface area contributed by atoms with Crippen molar-refractivity contribution in [3.63, 3.8) is 0 Å². The number of esters is 9. The van der Waals surface area contributed by atoms with Crippen LogP contribution >= 0.6 is 31.9 Å². The summed E-state index contributed by atoms with van der Waals surface area (Å²) >= 11 is 6.42. The summed E-state index contributed by atoms with van der Waals surface area (Å²) in [5.41, 5.74) is -5.20. The van der Waals surface area contributed by atoms with Gasteiger partial charge in [0.2, 0.25) is 0 Å². The number of ether oxygens (including phenoxy) is 13. The van der Waals surface area contributed by atoms with E-state index in [1.165, 1.54) is 34.6 Å². The zero-order chi connectivity index (χ0) is 54.7. The zero-order valence-electron chi connectivity index (χ0n) is 41.4. The Bertz CT molecular complexity index is 1900. The van der Waals surface area contributed by atoms with Crippen LogP contribution < -0.4 is 0 Å². The Hall–Kier alpha value is -6.05. The summed E-state index contributed by atoms with van der Waals surface area (Å²) in [5.74, 6) is -8.89. The number of benzene rings is 1. The average molecular weight is 1160 g/mol. The molecule has 24 nitrogen and oxygen atoms in total. The molecule has 0 radical (unpaired) electrons. The molecule has 1 rings (SSSR count). The fourth-order valence-corrected chi connectivity index (χ4v) is 5.50. The molecule has 26 heteroatoms. The molecule has 72 heavy (non-hydrogen) atoms. The molecule has 0 aliphatic heterocycles. The van der Waals surface area contributed by atoms with E-state index in [4.69, 9.17) is 61.6 Å². The normalized spacial score (nSPS) is 14.9. The maximum absolute atomic E-state index is 13.6. The van der Waals surface area contributed by atoms with Gasteiger partial charge in [0.15, 0.2) is 24.4 Å². The van der Waals surface area contributed by atoms with Crippen LogP contribution in [0.5, 0.6) is 0 Å². The second kappa shape index (κ2) is 32.1. The largest absolute Gasteiger partial charge is 0.508 e. The lowest BCUT2D eigenvalue weighted by Gasteiger charge is -2.29. The molecular weight excluding hydrogens is 1100 g/mol. The topological polar surface area (TPSA) is 308 Å². The SMILES string of the molecule is CC(=O)O[C@H](C)C(=O)O[C@H](C)C(=O)OCC(C)(COC(=O)OCC(C)(COC(=O)OCC(C)(COC(=O)[C@@H](C)OC(=O)[C@@H](C)OC(C)=O)C(=O)OCCCBr)C(=O)OCc1ccccc1)C(=O)OCCCBr. The Balaban J connectivity index is 3.21. The van der Waals surface area contributed by atoms with E-state index >= 15 is 0 Å². The van der Waals surface area contributed by atoms with Crippen LogP contribution in [0.4, 0.5) is 9.59 Å². The molecule has 0 fully saturated rings. The first-order valence-corrected chi connectivity index (χ1v) is 24.3. The summed E-state index contributed by atoms with van der Waals surface area (Å²) in [6, 6.07) is 8.42. The van der Waals surface area contributed by atoms with E-state index in [9.17, 15) is 52.7 Å². The quantitative estimate of drug-likeness (QED) is 0.0425. The molecule has 0 aromatic heterocycles. The Morgan fingerprint density at radius 1 is 0.431 bits per heavy atom. The summed E-state index contributed by atoms with van der Waals surface area (Å²) in [6.07, 6.45) is -7.91. The number of hydrogen-bond donors (Lipinski definition) is 0. The lowest BCUT2D eigenvalue weighted by molar-refractivity contribution is -0.180. The minimum atomic E-state index is -1.99. The van der Waals surface area contributed by atoms with Crippen LogP contribution in [-0.2, 0) is 111 Å². The van der Waals surface area contributed by atoms with Crippen molar-refractivity contribution in [2.75, 3.05) is 63.5 Å². The highest BCUT2D eigenvalue weighted by Crippen LogP contribution is 2.26. The standard InChI is InChI=1S/C46H62Br2O24/c1-28(71-37(53)30(3)69-32(5)49)35(51)63-22-44(7,39(55)60-19-13-17-47)24-65-42(58)67-26-46(9,41(57)62-21-34-15-11-10-12-16-34)27-68-43(59)66-25-45(8,40(56)61-20-14-18-48)23-64-36(52)29(2)72-38(54)31(4)70-33(6)50/h10-12,15-16,28-31H,13-14,17-27H2,1-9H3/t28-,29-,30-,31-,44?,45?,46?/m1/s1. The van der Waals surface area contributed by atoms with E-state index in [0.717, 1.165) is 27.7 Å². The van der Waals surface area contributed by atoms with Gasteiger partial charge in [-0.2, -0.15) is 0 Å². The predicted molar refractivity (Wildman–Crippen MR) is 249 cm³/mol. The smallest absolute Gasteiger partial charge is 0.465 e. The minimum absolute atomic E-state index is 0.0845. The molecule has 2 unspecified atom stereocenters. The molecule has 0 aliphatic carbocycles. The predicted octanol–water partition coefficient (Wildman–Crippen LogP) is 4.56. The second-order valence-corrected chi connectivity index (χ2v) is 18.2. The second-order valence-electron chi connectivity index (χ2n) is 16.6. The van der Waals surface area contributed by atoms with Crippen molar-refractivity contribution in [2.24, 2.45) is 16.2 Å². The molecule has 1 aromatic rings. The van der Waals surface area contributed by atoms with Crippen molar-refractivity contribution < 1.29 is 114 Å². The first-order chi connectivity index (χ1) is 33.7.